The lowest BCUT2D eigenvalue weighted by Crippen LogP contribution is -2.01. The van der Waals surface area contributed by atoms with Gasteiger partial charge in [-0.25, -0.2) is 0 Å². The van der Waals surface area contributed by atoms with Crippen molar-refractivity contribution >= 4 is 0 Å². The van der Waals surface area contributed by atoms with Gasteiger partial charge in [-0.3, -0.25) is 0 Å². The van der Waals surface area contributed by atoms with Gasteiger partial charge in [-0.15, -0.1) is 0 Å². The van der Waals surface area contributed by atoms with Gasteiger partial charge in [0.15, 0.2) is 0 Å². The molecule has 0 amide bonds. The lowest BCUT2D eigenvalue weighted by Gasteiger charge is -2.04. The Morgan fingerprint density at radius 1 is 1.36 bits per heavy atom. The number of aliphatic hydroxyl groups is 1. The zero-order chi connectivity index (χ0) is 8.69. The molecule has 0 saturated carbocycles. The summed E-state index contributed by atoms with van der Waals surface area (Å²) in [6.45, 7) is 6.21. The van der Waals surface area contributed by atoms with Crippen LogP contribution in [-0.4, -0.2) is 11.2 Å². The third-order valence-corrected chi connectivity index (χ3v) is 1.63. The number of hydrogen-bond acceptors (Lipinski definition) is 1. The van der Waals surface area contributed by atoms with E-state index in [-0.39, 0.29) is 6.10 Å². The molecule has 0 aliphatic heterocycles. The average molecular weight is 156 g/mol. The van der Waals surface area contributed by atoms with E-state index in [4.69, 9.17) is 0 Å². The highest BCUT2D eigenvalue weighted by Gasteiger charge is 1.97. The summed E-state index contributed by atoms with van der Waals surface area (Å²) >= 11 is 0. The van der Waals surface area contributed by atoms with Gasteiger partial charge in [0.1, 0.15) is 0 Å². The SMILES string of the molecule is CCCCC[C@@H](O)C=C(C)C. The van der Waals surface area contributed by atoms with Crippen molar-refractivity contribution in [1.82, 2.24) is 0 Å². The smallest absolute Gasteiger partial charge is 0.0723 e. The van der Waals surface area contributed by atoms with Crippen LogP contribution >= 0.6 is 0 Å². The lowest BCUT2D eigenvalue weighted by atomic mass is 10.1. The summed E-state index contributed by atoms with van der Waals surface area (Å²) < 4.78 is 0. The van der Waals surface area contributed by atoms with Gasteiger partial charge in [0.2, 0.25) is 0 Å². The number of allylic oxidation sites excluding steroid dienone is 1. The molecule has 11 heavy (non-hydrogen) atoms. The second kappa shape index (κ2) is 6.41. The van der Waals surface area contributed by atoms with Gasteiger partial charge in [0.05, 0.1) is 6.10 Å². The zero-order valence-electron chi connectivity index (χ0n) is 7.93. The van der Waals surface area contributed by atoms with E-state index < -0.39 is 0 Å². The second-order valence-corrected chi connectivity index (χ2v) is 3.31. The molecule has 0 aromatic carbocycles. The van der Waals surface area contributed by atoms with Crippen LogP contribution < -0.4 is 0 Å². The van der Waals surface area contributed by atoms with Crippen LogP contribution in [0.15, 0.2) is 11.6 Å². The average Bonchev–Trinajstić information content (AvgIpc) is 1.86. The molecule has 66 valence electrons. The highest BCUT2D eigenvalue weighted by Crippen LogP contribution is 2.05. The molecule has 1 N–H and O–H groups in total. The molecular formula is C10H20O. The Kier molecular flexibility index (Phi) is 6.24. The van der Waals surface area contributed by atoms with E-state index in [1.54, 1.807) is 0 Å². The zero-order valence-corrected chi connectivity index (χ0v) is 7.93. The maximum Gasteiger partial charge on any atom is 0.0723 e. The van der Waals surface area contributed by atoms with Gasteiger partial charge in [0.25, 0.3) is 0 Å². The quantitative estimate of drug-likeness (QED) is 0.479. The fourth-order valence-corrected chi connectivity index (χ4v) is 1.07. The number of aliphatic hydroxyl groups excluding tert-OH is 1. The normalized spacial score (nSPS) is 12.7. The Morgan fingerprint density at radius 3 is 2.45 bits per heavy atom. The van der Waals surface area contributed by atoms with E-state index >= 15 is 0 Å². The van der Waals surface area contributed by atoms with Gasteiger partial charge in [-0.05, 0) is 20.3 Å². The highest BCUT2D eigenvalue weighted by atomic mass is 16.3. The molecule has 0 rings (SSSR count). The van der Waals surface area contributed by atoms with Crippen molar-refractivity contribution in [3.63, 3.8) is 0 Å². The van der Waals surface area contributed by atoms with Crippen molar-refractivity contribution in [3.05, 3.63) is 11.6 Å². The molecule has 0 saturated heterocycles. The topological polar surface area (TPSA) is 20.2 Å². The Hall–Kier alpha value is -0.300. The molecule has 0 heterocycles. The van der Waals surface area contributed by atoms with Gasteiger partial charge in [-0.1, -0.05) is 37.8 Å². The van der Waals surface area contributed by atoms with E-state index in [0.29, 0.717) is 0 Å². The van der Waals surface area contributed by atoms with Crippen LogP contribution in [0.1, 0.15) is 46.5 Å². The summed E-state index contributed by atoms with van der Waals surface area (Å²) in [5, 5.41) is 9.37. The predicted molar refractivity (Wildman–Crippen MR) is 49.6 cm³/mol. The predicted octanol–water partition coefficient (Wildman–Crippen LogP) is 2.89. The summed E-state index contributed by atoms with van der Waals surface area (Å²) in [4.78, 5) is 0. The van der Waals surface area contributed by atoms with Crippen LogP contribution in [0.4, 0.5) is 0 Å². The summed E-state index contributed by atoms with van der Waals surface area (Å²) in [5.74, 6) is 0. The van der Waals surface area contributed by atoms with E-state index in [1.165, 1.54) is 18.4 Å². The Balaban J connectivity index is 3.37. The van der Waals surface area contributed by atoms with Crippen molar-refractivity contribution in [2.45, 2.75) is 52.6 Å². The largest absolute Gasteiger partial charge is 0.389 e. The van der Waals surface area contributed by atoms with Gasteiger partial charge < -0.3 is 5.11 Å². The third-order valence-electron chi connectivity index (χ3n) is 1.63. The first kappa shape index (κ1) is 10.7. The van der Waals surface area contributed by atoms with Gasteiger partial charge in [0, 0.05) is 0 Å². The van der Waals surface area contributed by atoms with Crippen LogP contribution in [0.2, 0.25) is 0 Å². The van der Waals surface area contributed by atoms with Gasteiger partial charge in [-0.2, -0.15) is 0 Å². The maximum absolute atomic E-state index is 9.37. The van der Waals surface area contributed by atoms with Crippen molar-refractivity contribution in [1.29, 1.82) is 0 Å². The van der Waals surface area contributed by atoms with E-state index in [2.05, 4.69) is 6.92 Å². The van der Waals surface area contributed by atoms with Crippen molar-refractivity contribution in [2.24, 2.45) is 0 Å². The second-order valence-electron chi connectivity index (χ2n) is 3.31. The van der Waals surface area contributed by atoms with Crippen molar-refractivity contribution in [2.75, 3.05) is 0 Å². The Bertz CT molecular complexity index is 112. The molecule has 0 aliphatic rings. The molecule has 0 fully saturated rings. The summed E-state index contributed by atoms with van der Waals surface area (Å²) in [7, 11) is 0. The molecule has 1 nitrogen and oxygen atoms in total. The van der Waals surface area contributed by atoms with Crippen LogP contribution in [0.5, 0.6) is 0 Å². The summed E-state index contributed by atoms with van der Waals surface area (Å²) in [6, 6.07) is 0. The number of rotatable bonds is 5. The first-order valence-corrected chi connectivity index (χ1v) is 4.50. The van der Waals surface area contributed by atoms with Crippen LogP contribution in [0, 0.1) is 0 Å². The minimum atomic E-state index is -0.216. The third kappa shape index (κ3) is 7.60. The van der Waals surface area contributed by atoms with E-state index in [1.807, 2.05) is 19.9 Å². The minimum absolute atomic E-state index is 0.216. The molecular weight excluding hydrogens is 136 g/mol. The summed E-state index contributed by atoms with van der Waals surface area (Å²) in [5.41, 5.74) is 1.20. The molecule has 0 unspecified atom stereocenters. The molecule has 0 bridgehead atoms. The number of hydrogen-bond donors (Lipinski definition) is 1. The summed E-state index contributed by atoms with van der Waals surface area (Å²) in [6.07, 6.45) is 6.22. The Morgan fingerprint density at radius 2 is 2.00 bits per heavy atom. The fraction of sp³-hybridized carbons (Fsp3) is 0.800. The molecule has 0 aromatic heterocycles. The van der Waals surface area contributed by atoms with Gasteiger partial charge >= 0.3 is 0 Å². The number of unbranched alkanes of at least 4 members (excludes halogenated alkanes) is 2. The molecule has 0 radical (unpaired) electrons. The molecule has 0 aromatic rings. The molecule has 1 atom stereocenters. The van der Waals surface area contributed by atoms with Crippen molar-refractivity contribution in [3.8, 4) is 0 Å². The maximum atomic E-state index is 9.37. The lowest BCUT2D eigenvalue weighted by molar-refractivity contribution is 0.207. The minimum Gasteiger partial charge on any atom is -0.389 e. The Labute approximate surface area is 70.1 Å². The monoisotopic (exact) mass is 156 g/mol. The molecule has 0 spiro atoms. The van der Waals surface area contributed by atoms with Crippen LogP contribution in [0.25, 0.3) is 0 Å². The standard InChI is InChI=1S/C10H20O/c1-4-5-6-7-10(11)8-9(2)3/h8,10-11H,4-7H2,1-3H3/t10-/m1/s1. The van der Waals surface area contributed by atoms with Crippen LogP contribution in [-0.2, 0) is 0 Å². The fourth-order valence-electron chi connectivity index (χ4n) is 1.07. The van der Waals surface area contributed by atoms with E-state index in [0.717, 1.165) is 12.8 Å². The molecule has 1 heteroatoms. The van der Waals surface area contributed by atoms with Crippen molar-refractivity contribution < 1.29 is 5.11 Å². The highest BCUT2D eigenvalue weighted by molar-refractivity contribution is 4.97. The van der Waals surface area contributed by atoms with E-state index in [9.17, 15) is 5.11 Å². The first-order chi connectivity index (χ1) is 5.16. The molecule has 0 aliphatic carbocycles. The first-order valence-electron chi connectivity index (χ1n) is 4.50. The van der Waals surface area contributed by atoms with Crippen LogP contribution in [0.3, 0.4) is 0 Å².